The molecule has 1 heterocycles. The number of nitrogens with one attached hydrogen (secondary N) is 1. The average Bonchev–Trinajstić information content (AvgIpc) is 2.46. The third-order valence-electron chi connectivity index (χ3n) is 2.68. The fourth-order valence-corrected chi connectivity index (χ4v) is 1.86. The molecule has 1 N–H and O–H groups in total. The number of halogens is 1. The van der Waals surface area contributed by atoms with Crippen LogP contribution in [0.4, 0.5) is 5.69 Å². The zero-order valence-corrected chi connectivity index (χ0v) is 11.9. The van der Waals surface area contributed by atoms with Gasteiger partial charge in [0.1, 0.15) is 5.69 Å². The zero-order valence-electron chi connectivity index (χ0n) is 11.1. The normalized spacial score (nSPS) is 10.3. The molecule has 20 heavy (non-hydrogen) atoms. The van der Waals surface area contributed by atoms with Gasteiger partial charge >= 0.3 is 0 Å². The fourth-order valence-electron chi connectivity index (χ4n) is 1.70. The summed E-state index contributed by atoms with van der Waals surface area (Å²) in [6.07, 6.45) is 1.50. The van der Waals surface area contributed by atoms with Crippen molar-refractivity contribution in [2.24, 2.45) is 0 Å². The molecule has 0 bridgehead atoms. The van der Waals surface area contributed by atoms with Gasteiger partial charge in [-0.2, -0.15) is 0 Å². The Bertz CT molecular complexity index is 602. The number of ether oxygens (including phenoxy) is 1. The molecule has 0 saturated heterocycles. The van der Waals surface area contributed by atoms with E-state index in [9.17, 15) is 4.79 Å². The average molecular weight is 291 g/mol. The Kier molecular flexibility index (Phi) is 5.09. The van der Waals surface area contributed by atoms with Gasteiger partial charge < -0.3 is 10.1 Å². The highest BCUT2D eigenvalue weighted by Crippen LogP contribution is 2.17. The zero-order chi connectivity index (χ0) is 14.4. The second-order valence-electron chi connectivity index (χ2n) is 4.11. The van der Waals surface area contributed by atoms with Crippen molar-refractivity contribution in [3.05, 3.63) is 58.9 Å². The maximum Gasteiger partial charge on any atom is 0.274 e. The van der Waals surface area contributed by atoms with Crippen molar-refractivity contribution >= 4 is 23.2 Å². The highest BCUT2D eigenvalue weighted by molar-refractivity contribution is 6.30. The monoisotopic (exact) mass is 290 g/mol. The summed E-state index contributed by atoms with van der Waals surface area (Å²) in [7, 11) is 0. The van der Waals surface area contributed by atoms with E-state index >= 15 is 0 Å². The SMILES string of the molecule is CCOCc1ccccc1NC(=O)c1cc(Cl)ccn1. The second-order valence-corrected chi connectivity index (χ2v) is 4.54. The minimum absolute atomic E-state index is 0.281. The third kappa shape index (κ3) is 3.79. The molecule has 2 rings (SSSR count). The van der Waals surface area contributed by atoms with Crippen LogP contribution in [0.5, 0.6) is 0 Å². The van der Waals surface area contributed by atoms with Gasteiger partial charge in [-0.25, -0.2) is 0 Å². The van der Waals surface area contributed by atoms with Crippen LogP contribution in [0, 0.1) is 0 Å². The Labute approximate surface area is 122 Å². The minimum Gasteiger partial charge on any atom is -0.377 e. The van der Waals surface area contributed by atoms with Crippen molar-refractivity contribution < 1.29 is 9.53 Å². The van der Waals surface area contributed by atoms with Crippen LogP contribution >= 0.6 is 11.6 Å². The van der Waals surface area contributed by atoms with E-state index in [4.69, 9.17) is 16.3 Å². The van der Waals surface area contributed by atoms with Crippen molar-refractivity contribution in [2.75, 3.05) is 11.9 Å². The van der Waals surface area contributed by atoms with Gasteiger partial charge in [0, 0.05) is 29.1 Å². The van der Waals surface area contributed by atoms with Crippen LogP contribution in [-0.4, -0.2) is 17.5 Å². The highest BCUT2D eigenvalue weighted by atomic mass is 35.5. The summed E-state index contributed by atoms with van der Waals surface area (Å²) in [5, 5.41) is 3.30. The number of carbonyl (C=O) groups is 1. The molecule has 0 aliphatic rings. The van der Waals surface area contributed by atoms with E-state index in [-0.39, 0.29) is 11.6 Å². The first kappa shape index (κ1) is 14.5. The predicted octanol–water partition coefficient (Wildman–Crippen LogP) is 3.52. The molecule has 0 saturated carbocycles. The number of nitrogens with zero attached hydrogens (tertiary/aromatic N) is 1. The summed E-state index contributed by atoms with van der Waals surface area (Å²) in [4.78, 5) is 16.1. The lowest BCUT2D eigenvalue weighted by Crippen LogP contribution is -2.15. The van der Waals surface area contributed by atoms with Crippen molar-refractivity contribution in [3.63, 3.8) is 0 Å². The van der Waals surface area contributed by atoms with Gasteiger partial charge in [-0.3, -0.25) is 9.78 Å². The Morgan fingerprint density at radius 1 is 1.35 bits per heavy atom. The molecular formula is C15H15ClN2O2. The van der Waals surface area contributed by atoms with Crippen molar-refractivity contribution in [1.29, 1.82) is 0 Å². The van der Waals surface area contributed by atoms with Crippen LogP contribution in [0.3, 0.4) is 0 Å². The Hall–Kier alpha value is -1.91. The van der Waals surface area contributed by atoms with Gasteiger partial charge in [0.15, 0.2) is 0 Å². The van der Waals surface area contributed by atoms with E-state index < -0.39 is 0 Å². The maximum atomic E-state index is 12.1. The van der Waals surface area contributed by atoms with Gasteiger partial charge in [0.2, 0.25) is 0 Å². The number of hydrogen-bond donors (Lipinski definition) is 1. The maximum absolute atomic E-state index is 12.1. The third-order valence-corrected chi connectivity index (χ3v) is 2.92. The van der Waals surface area contributed by atoms with E-state index in [2.05, 4.69) is 10.3 Å². The first-order valence-electron chi connectivity index (χ1n) is 6.29. The lowest BCUT2D eigenvalue weighted by atomic mass is 10.2. The molecule has 0 atom stereocenters. The quantitative estimate of drug-likeness (QED) is 0.916. The van der Waals surface area contributed by atoms with Crippen molar-refractivity contribution in [1.82, 2.24) is 4.98 Å². The first-order valence-corrected chi connectivity index (χ1v) is 6.67. The van der Waals surface area contributed by atoms with E-state index in [0.29, 0.717) is 23.9 Å². The number of amides is 1. The summed E-state index contributed by atoms with van der Waals surface area (Å²) >= 11 is 5.85. The molecule has 0 radical (unpaired) electrons. The standard InChI is InChI=1S/C15H15ClN2O2/c1-2-20-10-11-5-3-4-6-13(11)18-15(19)14-9-12(16)7-8-17-14/h3-9H,2,10H2,1H3,(H,18,19). The number of pyridine rings is 1. The molecular weight excluding hydrogens is 276 g/mol. The van der Waals surface area contributed by atoms with Gasteiger partial charge in [0.05, 0.1) is 6.61 Å². The summed E-state index contributed by atoms with van der Waals surface area (Å²) in [6.45, 7) is 3.01. The molecule has 5 heteroatoms. The molecule has 0 aliphatic heterocycles. The summed E-state index contributed by atoms with van der Waals surface area (Å²) in [5.41, 5.74) is 1.92. The van der Waals surface area contributed by atoms with E-state index in [1.54, 1.807) is 6.07 Å². The Morgan fingerprint density at radius 2 is 2.15 bits per heavy atom. The largest absolute Gasteiger partial charge is 0.377 e. The van der Waals surface area contributed by atoms with Crippen LogP contribution in [0.2, 0.25) is 5.02 Å². The number of hydrogen-bond acceptors (Lipinski definition) is 3. The van der Waals surface area contributed by atoms with Crippen LogP contribution in [0.15, 0.2) is 42.6 Å². The number of benzene rings is 1. The molecule has 104 valence electrons. The topological polar surface area (TPSA) is 51.2 Å². The predicted molar refractivity (Wildman–Crippen MR) is 79.0 cm³/mol. The van der Waals surface area contributed by atoms with Crippen LogP contribution in [0.1, 0.15) is 23.0 Å². The molecule has 1 aromatic heterocycles. The molecule has 0 aliphatic carbocycles. The molecule has 0 unspecified atom stereocenters. The molecule has 4 nitrogen and oxygen atoms in total. The summed E-state index contributed by atoms with van der Waals surface area (Å²) in [6, 6.07) is 10.7. The number of rotatable bonds is 5. The van der Waals surface area contributed by atoms with Crippen LogP contribution in [-0.2, 0) is 11.3 Å². The van der Waals surface area contributed by atoms with Crippen molar-refractivity contribution in [3.8, 4) is 0 Å². The van der Waals surface area contributed by atoms with Gasteiger partial charge in [-0.05, 0) is 25.1 Å². The molecule has 1 amide bonds. The Balaban J connectivity index is 2.15. The number of para-hydroxylation sites is 1. The fraction of sp³-hybridized carbons (Fsp3) is 0.200. The first-order chi connectivity index (χ1) is 9.70. The highest BCUT2D eigenvalue weighted by Gasteiger charge is 2.10. The van der Waals surface area contributed by atoms with Crippen molar-refractivity contribution in [2.45, 2.75) is 13.5 Å². The number of carbonyl (C=O) groups excluding carboxylic acids is 1. The van der Waals surface area contributed by atoms with E-state index in [1.807, 2.05) is 31.2 Å². The Morgan fingerprint density at radius 3 is 2.90 bits per heavy atom. The van der Waals surface area contributed by atoms with E-state index in [1.165, 1.54) is 12.3 Å². The number of aromatic nitrogens is 1. The van der Waals surface area contributed by atoms with Gasteiger partial charge in [0.25, 0.3) is 5.91 Å². The van der Waals surface area contributed by atoms with Crippen LogP contribution in [0.25, 0.3) is 0 Å². The summed E-state index contributed by atoms with van der Waals surface area (Å²) < 4.78 is 5.38. The lowest BCUT2D eigenvalue weighted by molar-refractivity contribution is 0.102. The smallest absolute Gasteiger partial charge is 0.274 e. The summed E-state index contributed by atoms with van der Waals surface area (Å²) in [5.74, 6) is -0.295. The number of anilines is 1. The van der Waals surface area contributed by atoms with E-state index in [0.717, 1.165) is 5.56 Å². The lowest BCUT2D eigenvalue weighted by Gasteiger charge is -2.10. The second kappa shape index (κ2) is 7.03. The van der Waals surface area contributed by atoms with Gasteiger partial charge in [-0.15, -0.1) is 0 Å². The minimum atomic E-state index is -0.295. The molecule has 0 fully saturated rings. The molecule has 0 spiro atoms. The molecule has 2 aromatic rings. The molecule has 1 aromatic carbocycles. The van der Waals surface area contributed by atoms with Crippen LogP contribution < -0.4 is 5.32 Å². The van der Waals surface area contributed by atoms with Gasteiger partial charge in [-0.1, -0.05) is 29.8 Å².